The van der Waals surface area contributed by atoms with Crippen molar-refractivity contribution in [2.24, 2.45) is 0 Å². The maximum atomic E-state index is 5.74. The van der Waals surface area contributed by atoms with E-state index in [0.717, 1.165) is 36.7 Å². The second-order valence-corrected chi connectivity index (χ2v) is 5.67. The summed E-state index contributed by atoms with van der Waals surface area (Å²) in [6.07, 6.45) is 1.02. The van der Waals surface area contributed by atoms with E-state index in [1.165, 1.54) is 11.1 Å². The molecule has 128 valence electrons. The summed E-state index contributed by atoms with van der Waals surface area (Å²) in [5, 5.41) is 0. The number of benzene rings is 2. The second-order valence-electron chi connectivity index (χ2n) is 5.67. The smallest absolute Gasteiger partial charge is 0.188 e. The topological polar surface area (TPSA) is 40.2 Å². The standard InChI is InChI=1S/C19H23NO4/c1-21-13-23-17-7-8-19(24-14-22-2)18(11-17)20-10-9-15-5-3-4-6-16(15)12-20/h3-8,11H,9-10,12-14H2,1-2H3. The molecule has 0 aliphatic carbocycles. The monoisotopic (exact) mass is 329 g/mol. The fourth-order valence-corrected chi connectivity index (χ4v) is 2.91. The van der Waals surface area contributed by atoms with Gasteiger partial charge in [-0.15, -0.1) is 0 Å². The summed E-state index contributed by atoms with van der Waals surface area (Å²) in [6, 6.07) is 14.4. The molecule has 0 unspecified atom stereocenters. The van der Waals surface area contributed by atoms with Crippen LogP contribution in [-0.4, -0.2) is 34.4 Å². The molecule has 0 atom stereocenters. The van der Waals surface area contributed by atoms with Gasteiger partial charge in [0.15, 0.2) is 13.6 Å². The Hall–Kier alpha value is -2.24. The first-order valence-corrected chi connectivity index (χ1v) is 8.01. The average Bonchev–Trinajstić information content (AvgIpc) is 2.64. The Balaban J connectivity index is 1.86. The fraction of sp³-hybridized carbons (Fsp3) is 0.368. The third-order valence-corrected chi connectivity index (χ3v) is 4.08. The molecule has 24 heavy (non-hydrogen) atoms. The van der Waals surface area contributed by atoms with Gasteiger partial charge in [-0.1, -0.05) is 24.3 Å². The zero-order valence-corrected chi connectivity index (χ0v) is 14.2. The van der Waals surface area contributed by atoms with Crippen molar-refractivity contribution in [1.82, 2.24) is 0 Å². The molecule has 0 aromatic heterocycles. The van der Waals surface area contributed by atoms with E-state index in [-0.39, 0.29) is 13.6 Å². The molecule has 0 spiro atoms. The first kappa shape index (κ1) is 16.6. The molecule has 0 N–H and O–H groups in total. The Bertz CT molecular complexity index is 674. The number of hydrogen-bond acceptors (Lipinski definition) is 5. The SMILES string of the molecule is COCOc1ccc(OCOC)c(N2CCc3ccccc3C2)c1. The van der Waals surface area contributed by atoms with Gasteiger partial charge in [-0.3, -0.25) is 0 Å². The first-order valence-electron chi connectivity index (χ1n) is 8.01. The Morgan fingerprint density at radius 3 is 2.46 bits per heavy atom. The quantitative estimate of drug-likeness (QED) is 0.730. The molecule has 5 heteroatoms. The number of fused-ring (bicyclic) bond motifs is 1. The molecule has 2 aromatic carbocycles. The van der Waals surface area contributed by atoms with Gasteiger partial charge in [-0.25, -0.2) is 0 Å². The lowest BCUT2D eigenvalue weighted by molar-refractivity contribution is 0.0486. The maximum absolute atomic E-state index is 5.74. The lowest BCUT2D eigenvalue weighted by atomic mass is 9.99. The van der Waals surface area contributed by atoms with Crippen LogP contribution in [0.25, 0.3) is 0 Å². The van der Waals surface area contributed by atoms with Crippen LogP contribution < -0.4 is 14.4 Å². The van der Waals surface area contributed by atoms with E-state index in [1.807, 2.05) is 18.2 Å². The van der Waals surface area contributed by atoms with Crippen molar-refractivity contribution in [2.75, 3.05) is 39.3 Å². The number of anilines is 1. The van der Waals surface area contributed by atoms with Crippen LogP contribution in [0.5, 0.6) is 11.5 Å². The largest absolute Gasteiger partial charge is 0.467 e. The molecule has 0 radical (unpaired) electrons. The van der Waals surface area contributed by atoms with Gasteiger partial charge in [-0.2, -0.15) is 0 Å². The second kappa shape index (κ2) is 8.04. The minimum Gasteiger partial charge on any atom is -0.467 e. The summed E-state index contributed by atoms with van der Waals surface area (Å²) in [4.78, 5) is 2.31. The third-order valence-electron chi connectivity index (χ3n) is 4.08. The predicted molar refractivity (Wildman–Crippen MR) is 92.6 cm³/mol. The Kier molecular flexibility index (Phi) is 5.56. The highest BCUT2D eigenvalue weighted by atomic mass is 16.7. The van der Waals surface area contributed by atoms with E-state index >= 15 is 0 Å². The van der Waals surface area contributed by atoms with Crippen LogP contribution >= 0.6 is 0 Å². The van der Waals surface area contributed by atoms with Crippen LogP contribution in [0.2, 0.25) is 0 Å². The van der Waals surface area contributed by atoms with Gasteiger partial charge >= 0.3 is 0 Å². The van der Waals surface area contributed by atoms with Crippen molar-refractivity contribution >= 4 is 5.69 Å². The molecule has 5 nitrogen and oxygen atoms in total. The van der Waals surface area contributed by atoms with Crippen LogP contribution in [0.3, 0.4) is 0 Å². The van der Waals surface area contributed by atoms with Crippen molar-refractivity contribution in [1.29, 1.82) is 0 Å². The van der Waals surface area contributed by atoms with E-state index < -0.39 is 0 Å². The van der Waals surface area contributed by atoms with Gasteiger partial charge in [0.1, 0.15) is 11.5 Å². The van der Waals surface area contributed by atoms with Crippen LogP contribution in [0.1, 0.15) is 11.1 Å². The van der Waals surface area contributed by atoms with E-state index in [2.05, 4.69) is 29.2 Å². The Labute approximate surface area is 142 Å². The summed E-state index contributed by atoms with van der Waals surface area (Å²) in [5.41, 5.74) is 3.78. The summed E-state index contributed by atoms with van der Waals surface area (Å²) < 4.78 is 21.3. The molecule has 1 aliphatic rings. The summed E-state index contributed by atoms with van der Waals surface area (Å²) in [6.45, 7) is 2.23. The average molecular weight is 329 g/mol. The van der Waals surface area contributed by atoms with Crippen LogP contribution in [0, 0.1) is 0 Å². The highest BCUT2D eigenvalue weighted by Crippen LogP contribution is 2.35. The van der Waals surface area contributed by atoms with Crippen molar-refractivity contribution in [3.8, 4) is 11.5 Å². The zero-order chi connectivity index (χ0) is 16.8. The zero-order valence-electron chi connectivity index (χ0n) is 14.2. The van der Waals surface area contributed by atoms with E-state index in [9.17, 15) is 0 Å². The minimum atomic E-state index is 0.218. The van der Waals surface area contributed by atoms with Gasteiger partial charge < -0.3 is 23.8 Å². The molecule has 2 aromatic rings. The molecule has 1 aliphatic heterocycles. The number of nitrogens with zero attached hydrogens (tertiary/aromatic N) is 1. The van der Waals surface area contributed by atoms with Crippen molar-refractivity contribution < 1.29 is 18.9 Å². The molecule has 0 saturated heterocycles. The van der Waals surface area contributed by atoms with Gasteiger partial charge in [0.2, 0.25) is 0 Å². The number of ether oxygens (including phenoxy) is 4. The van der Waals surface area contributed by atoms with Crippen molar-refractivity contribution in [3.63, 3.8) is 0 Å². The van der Waals surface area contributed by atoms with Crippen molar-refractivity contribution in [3.05, 3.63) is 53.6 Å². The summed E-state index contributed by atoms with van der Waals surface area (Å²) in [5.74, 6) is 1.55. The maximum Gasteiger partial charge on any atom is 0.188 e. The van der Waals surface area contributed by atoms with E-state index in [1.54, 1.807) is 14.2 Å². The van der Waals surface area contributed by atoms with Crippen molar-refractivity contribution in [2.45, 2.75) is 13.0 Å². The molecular formula is C19H23NO4. The normalized spacial score (nSPS) is 13.5. The van der Waals surface area contributed by atoms with E-state index in [0.29, 0.717) is 0 Å². The Morgan fingerprint density at radius 2 is 1.67 bits per heavy atom. The molecule has 0 amide bonds. The third kappa shape index (κ3) is 3.80. The first-order chi connectivity index (χ1) is 11.8. The van der Waals surface area contributed by atoms with Gasteiger partial charge in [0.25, 0.3) is 0 Å². The summed E-state index contributed by atoms with van der Waals surface area (Å²) in [7, 11) is 3.23. The molecule has 0 saturated carbocycles. The lowest BCUT2D eigenvalue weighted by Gasteiger charge is -2.32. The number of rotatable bonds is 7. The van der Waals surface area contributed by atoms with Gasteiger partial charge in [0, 0.05) is 33.4 Å². The number of methoxy groups -OCH3 is 2. The molecule has 0 bridgehead atoms. The fourth-order valence-electron chi connectivity index (χ4n) is 2.91. The molecule has 0 fully saturated rings. The summed E-state index contributed by atoms with van der Waals surface area (Å²) >= 11 is 0. The Morgan fingerprint density at radius 1 is 0.917 bits per heavy atom. The highest BCUT2D eigenvalue weighted by molar-refractivity contribution is 5.62. The van der Waals surface area contributed by atoms with Gasteiger partial charge in [-0.05, 0) is 29.7 Å². The minimum absolute atomic E-state index is 0.218. The lowest BCUT2D eigenvalue weighted by Crippen LogP contribution is -2.30. The number of hydrogen-bond donors (Lipinski definition) is 0. The predicted octanol–water partition coefficient (Wildman–Crippen LogP) is 3.21. The molecule has 1 heterocycles. The van der Waals surface area contributed by atoms with Crippen LogP contribution in [0.4, 0.5) is 5.69 Å². The molecular weight excluding hydrogens is 306 g/mol. The van der Waals surface area contributed by atoms with Gasteiger partial charge in [0.05, 0.1) is 5.69 Å². The van der Waals surface area contributed by atoms with E-state index in [4.69, 9.17) is 18.9 Å². The molecule has 3 rings (SSSR count). The van der Waals surface area contributed by atoms with Crippen LogP contribution in [-0.2, 0) is 22.4 Å². The van der Waals surface area contributed by atoms with Crippen LogP contribution in [0.15, 0.2) is 42.5 Å². The highest BCUT2D eigenvalue weighted by Gasteiger charge is 2.20.